The van der Waals surface area contributed by atoms with Gasteiger partial charge in [0.1, 0.15) is 5.49 Å². The molecular formula is C24H28N4O3. The third kappa shape index (κ3) is 3.65. The van der Waals surface area contributed by atoms with Gasteiger partial charge in [0, 0.05) is 31.3 Å². The first-order chi connectivity index (χ1) is 15.0. The quantitative estimate of drug-likeness (QED) is 0.688. The molecule has 2 heterocycles. The molecule has 2 aromatic carbocycles. The Morgan fingerprint density at radius 2 is 1.74 bits per heavy atom. The van der Waals surface area contributed by atoms with Gasteiger partial charge in [0.05, 0.1) is 25.6 Å². The molecule has 1 aliphatic rings. The van der Waals surface area contributed by atoms with Crippen LogP contribution in [-0.4, -0.2) is 29.9 Å². The number of ether oxygens (including phenoxy) is 2. The smallest absolute Gasteiger partial charge is 0.330 e. The Labute approximate surface area is 181 Å². The van der Waals surface area contributed by atoms with Gasteiger partial charge in [0.2, 0.25) is 0 Å². The van der Waals surface area contributed by atoms with Gasteiger partial charge in [-0.3, -0.25) is 9.13 Å². The Balaban J connectivity index is 2.03. The second-order valence-electron chi connectivity index (χ2n) is 7.73. The average Bonchev–Trinajstić information content (AvgIpc) is 2.77. The molecule has 0 saturated heterocycles. The van der Waals surface area contributed by atoms with E-state index in [1.807, 2.05) is 50.2 Å². The van der Waals surface area contributed by atoms with Gasteiger partial charge in [0.15, 0.2) is 11.5 Å². The molecule has 1 aromatic heterocycles. The molecule has 0 atom stereocenters. The Hall–Kier alpha value is -3.32. The minimum Gasteiger partial charge on any atom is -0.493 e. The summed E-state index contributed by atoms with van der Waals surface area (Å²) in [5.41, 5.74) is 12.2. The zero-order chi connectivity index (χ0) is 22.1. The molecule has 0 aliphatic carbocycles. The van der Waals surface area contributed by atoms with Gasteiger partial charge in [-0.15, -0.1) is 0 Å². The number of nitrogens with two attached hydrogens (primary N) is 1. The van der Waals surface area contributed by atoms with E-state index in [0.29, 0.717) is 36.6 Å². The second kappa shape index (κ2) is 8.43. The lowest BCUT2D eigenvalue weighted by Crippen LogP contribution is -2.43. The SMILES string of the molecule is COc1cc2c(cc1OC)-c1cc(=Nc3c(C)cccc3C)n(CCN)c(=O)n1CC2. The summed E-state index contributed by atoms with van der Waals surface area (Å²) in [7, 11) is 3.24. The van der Waals surface area contributed by atoms with Crippen LogP contribution in [0.15, 0.2) is 46.2 Å². The minimum absolute atomic E-state index is 0.103. The zero-order valence-corrected chi connectivity index (χ0v) is 18.4. The molecule has 0 unspecified atom stereocenters. The maximum absolute atomic E-state index is 13.4. The summed E-state index contributed by atoms with van der Waals surface area (Å²) in [6, 6.07) is 12.0. The van der Waals surface area contributed by atoms with E-state index in [9.17, 15) is 4.79 Å². The van der Waals surface area contributed by atoms with Gasteiger partial charge in [0.25, 0.3) is 0 Å². The highest BCUT2D eigenvalue weighted by Crippen LogP contribution is 2.37. The van der Waals surface area contributed by atoms with E-state index in [0.717, 1.165) is 40.1 Å². The number of para-hydroxylation sites is 1. The van der Waals surface area contributed by atoms with Gasteiger partial charge < -0.3 is 15.2 Å². The van der Waals surface area contributed by atoms with Crippen molar-refractivity contribution in [2.24, 2.45) is 10.7 Å². The van der Waals surface area contributed by atoms with Crippen LogP contribution < -0.4 is 26.4 Å². The molecule has 2 N–H and O–H groups in total. The number of methoxy groups -OCH3 is 2. The number of benzene rings is 2. The largest absolute Gasteiger partial charge is 0.493 e. The number of hydrogen-bond acceptors (Lipinski definition) is 5. The number of nitrogens with zero attached hydrogens (tertiary/aromatic N) is 3. The highest BCUT2D eigenvalue weighted by molar-refractivity contribution is 5.70. The van der Waals surface area contributed by atoms with Gasteiger partial charge in [-0.25, -0.2) is 9.79 Å². The van der Waals surface area contributed by atoms with Crippen molar-refractivity contribution in [1.82, 2.24) is 9.13 Å². The lowest BCUT2D eigenvalue weighted by molar-refractivity contribution is 0.354. The van der Waals surface area contributed by atoms with E-state index in [4.69, 9.17) is 20.2 Å². The van der Waals surface area contributed by atoms with Crippen molar-refractivity contribution in [2.75, 3.05) is 20.8 Å². The summed E-state index contributed by atoms with van der Waals surface area (Å²) in [5.74, 6) is 1.32. The van der Waals surface area contributed by atoms with Crippen LogP contribution in [-0.2, 0) is 19.5 Å². The minimum atomic E-state index is -0.103. The van der Waals surface area contributed by atoms with Crippen LogP contribution >= 0.6 is 0 Å². The Bertz CT molecular complexity index is 1250. The summed E-state index contributed by atoms with van der Waals surface area (Å²) in [6.45, 7) is 5.40. The van der Waals surface area contributed by atoms with Crippen molar-refractivity contribution >= 4 is 5.69 Å². The molecular weight excluding hydrogens is 392 g/mol. The molecule has 3 aromatic rings. The molecule has 0 saturated carbocycles. The molecule has 0 amide bonds. The Morgan fingerprint density at radius 1 is 1.06 bits per heavy atom. The van der Waals surface area contributed by atoms with Crippen LogP contribution in [0.1, 0.15) is 16.7 Å². The summed E-state index contributed by atoms with van der Waals surface area (Å²) in [5, 5.41) is 0. The summed E-state index contributed by atoms with van der Waals surface area (Å²) >= 11 is 0. The first-order valence-electron chi connectivity index (χ1n) is 10.4. The standard InChI is InChI=1S/C24H28N4O3/c1-15-6-5-7-16(2)23(15)26-22-14-19-18-13-21(31-4)20(30-3)12-17(18)8-10-27(19)24(29)28(22)11-9-25/h5-7,12-14H,8-11,25H2,1-4H3. The molecule has 0 radical (unpaired) electrons. The molecule has 1 aliphatic heterocycles. The van der Waals surface area contributed by atoms with Crippen molar-refractivity contribution in [3.63, 3.8) is 0 Å². The third-order valence-electron chi connectivity index (χ3n) is 5.80. The maximum atomic E-state index is 13.4. The normalized spacial score (nSPS) is 13.0. The van der Waals surface area contributed by atoms with E-state index in [2.05, 4.69) is 0 Å². The van der Waals surface area contributed by atoms with Crippen molar-refractivity contribution < 1.29 is 9.47 Å². The van der Waals surface area contributed by atoms with E-state index in [1.165, 1.54) is 0 Å². The predicted octanol–water partition coefficient (Wildman–Crippen LogP) is 2.70. The molecule has 7 nitrogen and oxygen atoms in total. The van der Waals surface area contributed by atoms with Crippen LogP contribution in [0.5, 0.6) is 11.5 Å². The van der Waals surface area contributed by atoms with Crippen LogP contribution in [0, 0.1) is 13.8 Å². The van der Waals surface area contributed by atoms with Crippen molar-refractivity contribution in [3.05, 3.63) is 69.1 Å². The summed E-state index contributed by atoms with van der Waals surface area (Å²) < 4.78 is 14.4. The van der Waals surface area contributed by atoms with Gasteiger partial charge >= 0.3 is 5.69 Å². The topological polar surface area (TPSA) is 83.8 Å². The Morgan fingerprint density at radius 3 is 2.39 bits per heavy atom. The maximum Gasteiger partial charge on any atom is 0.330 e. The lowest BCUT2D eigenvalue weighted by atomic mass is 9.97. The van der Waals surface area contributed by atoms with Crippen LogP contribution in [0.25, 0.3) is 11.3 Å². The second-order valence-corrected chi connectivity index (χ2v) is 7.73. The predicted molar refractivity (Wildman–Crippen MR) is 121 cm³/mol. The van der Waals surface area contributed by atoms with Crippen LogP contribution in [0.2, 0.25) is 0 Å². The van der Waals surface area contributed by atoms with Crippen molar-refractivity contribution in [3.8, 4) is 22.8 Å². The molecule has 7 heteroatoms. The molecule has 0 bridgehead atoms. The highest BCUT2D eigenvalue weighted by atomic mass is 16.5. The Kier molecular flexibility index (Phi) is 5.69. The van der Waals surface area contributed by atoms with Crippen LogP contribution in [0.3, 0.4) is 0 Å². The monoisotopic (exact) mass is 420 g/mol. The van der Waals surface area contributed by atoms with Crippen LogP contribution in [0.4, 0.5) is 5.69 Å². The number of rotatable bonds is 5. The average molecular weight is 421 g/mol. The van der Waals surface area contributed by atoms with E-state index in [1.54, 1.807) is 23.4 Å². The fourth-order valence-corrected chi connectivity index (χ4v) is 4.19. The molecule has 4 rings (SSSR count). The zero-order valence-electron chi connectivity index (χ0n) is 18.4. The molecule has 0 fully saturated rings. The molecule has 31 heavy (non-hydrogen) atoms. The van der Waals surface area contributed by atoms with E-state index >= 15 is 0 Å². The van der Waals surface area contributed by atoms with E-state index < -0.39 is 0 Å². The third-order valence-corrected chi connectivity index (χ3v) is 5.80. The van der Waals surface area contributed by atoms with Gasteiger partial charge in [-0.2, -0.15) is 0 Å². The summed E-state index contributed by atoms with van der Waals surface area (Å²) in [6.07, 6.45) is 0.735. The van der Waals surface area contributed by atoms with E-state index in [-0.39, 0.29) is 5.69 Å². The number of hydrogen-bond donors (Lipinski definition) is 1. The fraction of sp³-hybridized carbons (Fsp3) is 0.333. The molecule has 0 spiro atoms. The fourth-order valence-electron chi connectivity index (χ4n) is 4.19. The lowest BCUT2D eigenvalue weighted by Gasteiger charge is -2.24. The molecule has 162 valence electrons. The number of fused-ring (bicyclic) bond motifs is 3. The summed E-state index contributed by atoms with van der Waals surface area (Å²) in [4.78, 5) is 18.3. The first kappa shape index (κ1) is 20.9. The van der Waals surface area contributed by atoms with Gasteiger partial charge in [-0.1, -0.05) is 18.2 Å². The van der Waals surface area contributed by atoms with Crippen molar-refractivity contribution in [1.29, 1.82) is 0 Å². The van der Waals surface area contributed by atoms with Gasteiger partial charge in [-0.05, 0) is 49.1 Å². The first-order valence-corrected chi connectivity index (χ1v) is 10.4. The number of aryl methyl sites for hydroxylation is 3. The number of aromatic nitrogens is 2. The van der Waals surface area contributed by atoms with Crippen molar-refractivity contribution in [2.45, 2.75) is 33.4 Å². The highest BCUT2D eigenvalue weighted by Gasteiger charge is 2.22.